The Morgan fingerprint density at radius 3 is 1.24 bits per heavy atom. The predicted octanol–water partition coefficient (Wildman–Crippen LogP) is 12.2. The third-order valence-electron chi connectivity index (χ3n) is 10.0. The predicted molar refractivity (Wildman–Crippen MR) is 213 cm³/mol. The number of nitrogens with one attached hydrogen (secondary N) is 1. The van der Waals surface area contributed by atoms with E-state index in [0.717, 1.165) is 38.5 Å². The van der Waals surface area contributed by atoms with Gasteiger partial charge >= 0.3 is 0 Å². The minimum Gasteiger partial charge on any atom is -0.394 e. The average Bonchev–Trinajstić information content (AvgIpc) is 3.11. The summed E-state index contributed by atoms with van der Waals surface area (Å²) in [6, 6.07) is -0.810. The number of amides is 1. The number of hydrogen-bond acceptors (Lipinski definition) is 4. The van der Waals surface area contributed by atoms with Gasteiger partial charge in [-0.25, -0.2) is 0 Å². The molecular formula is C44H85NO4. The van der Waals surface area contributed by atoms with Crippen molar-refractivity contribution in [1.29, 1.82) is 0 Å². The molecule has 0 aliphatic carbocycles. The van der Waals surface area contributed by atoms with E-state index in [1.165, 1.54) is 167 Å². The lowest BCUT2D eigenvalue weighted by Gasteiger charge is -2.21. The second-order valence-electron chi connectivity index (χ2n) is 14.9. The van der Waals surface area contributed by atoms with Gasteiger partial charge in [0.25, 0.3) is 0 Å². The maximum atomic E-state index is 12.4. The number of carbonyl (C=O) groups is 1. The van der Waals surface area contributed by atoms with Crippen LogP contribution in [-0.2, 0) is 4.79 Å². The van der Waals surface area contributed by atoms with Crippen LogP contribution in [0.25, 0.3) is 0 Å². The minimum atomic E-state index is -1.10. The Balaban J connectivity index is 3.70. The summed E-state index contributed by atoms with van der Waals surface area (Å²) in [5, 5.41) is 33.1. The molecule has 0 saturated heterocycles. The molecule has 5 heteroatoms. The second-order valence-corrected chi connectivity index (χ2v) is 14.9. The Labute approximate surface area is 305 Å². The lowest BCUT2D eigenvalue weighted by Crippen LogP contribution is -2.48. The maximum absolute atomic E-state index is 12.4. The van der Waals surface area contributed by atoms with E-state index < -0.39 is 24.2 Å². The van der Waals surface area contributed by atoms with E-state index in [1.807, 2.05) is 6.08 Å². The number of unbranched alkanes of at least 4 members (excludes halogenated alkanes) is 29. The average molecular weight is 692 g/mol. The minimum absolute atomic E-state index is 0.373. The van der Waals surface area contributed by atoms with E-state index in [1.54, 1.807) is 6.08 Å². The zero-order valence-electron chi connectivity index (χ0n) is 32.8. The first-order chi connectivity index (χ1) is 24.1. The van der Waals surface area contributed by atoms with Crippen LogP contribution in [0.1, 0.15) is 226 Å². The molecule has 0 heterocycles. The molecule has 0 fully saturated rings. The molecule has 0 spiro atoms. The van der Waals surface area contributed by atoms with E-state index in [-0.39, 0.29) is 6.61 Å². The van der Waals surface area contributed by atoms with Crippen molar-refractivity contribution >= 4 is 5.91 Å². The van der Waals surface area contributed by atoms with Gasteiger partial charge in [-0.3, -0.25) is 4.79 Å². The highest BCUT2D eigenvalue weighted by Gasteiger charge is 2.22. The van der Waals surface area contributed by atoms with Crippen LogP contribution in [0.4, 0.5) is 0 Å². The van der Waals surface area contributed by atoms with Gasteiger partial charge in [0.1, 0.15) is 6.10 Å². The van der Waals surface area contributed by atoms with Crippen molar-refractivity contribution in [1.82, 2.24) is 5.32 Å². The van der Waals surface area contributed by atoms with Crippen LogP contribution >= 0.6 is 0 Å². The lowest BCUT2D eigenvalue weighted by atomic mass is 10.0. The van der Waals surface area contributed by atoms with Crippen molar-refractivity contribution in [3.8, 4) is 0 Å². The van der Waals surface area contributed by atoms with Crippen LogP contribution < -0.4 is 5.32 Å². The molecule has 49 heavy (non-hydrogen) atoms. The summed E-state index contributed by atoms with van der Waals surface area (Å²) in [4.78, 5) is 12.4. The van der Waals surface area contributed by atoms with Gasteiger partial charge < -0.3 is 20.6 Å². The van der Waals surface area contributed by atoms with E-state index in [2.05, 4.69) is 31.3 Å². The third-order valence-corrected chi connectivity index (χ3v) is 10.0. The van der Waals surface area contributed by atoms with Crippen molar-refractivity contribution < 1.29 is 20.1 Å². The van der Waals surface area contributed by atoms with Crippen LogP contribution in [0, 0.1) is 0 Å². The summed E-state index contributed by atoms with van der Waals surface area (Å²) < 4.78 is 0. The summed E-state index contributed by atoms with van der Waals surface area (Å²) in [5.74, 6) is -0.510. The van der Waals surface area contributed by atoms with Crippen LogP contribution in [0.15, 0.2) is 24.3 Å². The lowest BCUT2D eigenvalue weighted by molar-refractivity contribution is -0.131. The summed E-state index contributed by atoms with van der Waals surface area (Å²) in [6.07, 6.45) is 47.8. The highest BCUT2D eigenvalue weighted by molar-refractivity contribution is 5.80. The molecule has 0 aromatic rings. The first-order valence-corrected chi connectivity index (χ1v) is 21.7. The Morgan fingerprint density at radius 2 is 0.837 bits per heavy atom. The number of aliphatic hydroxyl groups excluding tert-OH is 3. The van der Waals surface area contributed by atoms with E-state index >= 15 is 0 Å². The number of aliphatic hydroxyl groups is 3. The van der Waals surface area contributed by atoms with E-state index in [4.69, 9.17) is 0 Å². The molecule has 3 atom stereocenters. The Bertz CT molecular complexity index is 724. The van der Waals surface area contributed by atoms with Crippen molar-refractivity contribution in [2.45, 2.75) is 244 Å². The molecule has 0 rings (SSSR count). The number of allylic oxidation sites excluding steroid dienone is 3. The number of carbonyl (C=O) groups excluding carboxylic acids is 1. The molecule has 0 aromatic heterocycles. The zero-order chi connectivity index (χ0) is 35.9. The van der Waals surface area contributed by atoms with Crippen LogP contribution in [0.5, 0.6) is 0 Å². The zero-order valence-corrected chi connectivity index (χ0v) is 32.8. The molecule has 4 N–H and O–H groups in total. The van der Waals surface area contributed by atoms with Crippen molar-refractivity contribution in [2.75, 3.05) is 6.61 Å². The van der Waals surface area contributed by atoms with Gasteiger partial charge in [-0.05, 0) is 32.1 Å². The standard InChI is InChI=1S/C44H85NO4/c1-3-5-7-9-11-13-15-17-19-21-23-25-27-29-31-33-35-37-39-43(48)44(49)45-41(40-46)42(47)38-36-34-32-30-28-26-24-22-20-18-16-14-12-10-8-6-4-2/h28,30,36,38,41-43,46-48H,3-27,29,31-35,37,39-40H2,1-2H3,(H,45,49)/b30-28+,38-36+. The molecule has 0 bridgehead atoms. The Kier molecular flexibility index (Phi) is 38.7. The third kappa shape index (κ3) is 35.0. The number of rotatable bonds is 39. The van der Waals surface area contributed by atoms with Gasteiger partial charge in [-0.1, -0.05) is 218 Å². The van der Waals surface area contributed by atoms with Gasteiger partial charge in [0.2, 0.25) is 5.91 Å². The fourth-order valence-electron chi connectivity index (χ4n) is 6.61. The van der Waals surface area contributed by atoms with Gasteiger partial charge in [0, 0.05) is 0 Å². The monoisotopic (exact) mass is 692 g/mol. The molecule has 0 aliphatic heterocycles. The van der Waals surface area contributed by atoms with Crippen LogP contribution in [0.3, 0.4) is 0 Å². The van der Waals surface area contributed by atoms with Crippen LogP contribution in [0.2, 0.25) is 0 Å². The van der Waals surface area contributed by atoms with Gasteiger partial charge in [0.05, 0.1) is 18.8 Å². The van der Waals surface area contributed by atoms with Gasteiger partial charge in [-0.2, -0.15) is 0 Å². The Hall–Kier alpha value is -1.17. The Morgan fingerprint density at radius 1 is 0.490 bits per heavy atom. The smallest absolute Gasteiger partial charge is 0.249 e. The fraction of sp³-hybridized carbons (Fsp3) is 0.886. The topological polar surface area (TPSA) is 89.8 Å². The molecule has 5 nitrogen and oxygen atoms in total. The molecule has 3 unspecified atom stereocenters. The molecular weight excluding hydrogens is 606 g/mol. The molecule has 0 radical (unpaired) electrons. The molecule has 0 saturated carbocycles. The van der Waals surface area contributed by atoms with Crippen molar-refractivity contribution in [3.05, 3.63) is 24.3 Å². The summed E-state index contributed by atoms with van der Waals surface area (Å²) >= 11 is 0. The van der Waals surface area contributed by atoms with E-state index in [0.29, 0.717) is 6.42 Å². The highest BCUT2D eigenvalue weighted by Crippen LogP contribution is 2.16. The number of hydrogen-bond donors (Lipinski definition) is 4. The highest BCUT2D eigenvalue weighted by atomic mass is 16.3. The molecule has 0 aromatic carbocycles. The van der Waals surface area contributed by atoms with Crippen molar-refractivity contribution in [3.63, 3.8) is 0 Å². The van der Waals surface area contributed by atoms with Gasteiger partial charge in [-0.15, -0.1) is 0 Å². The van der Waals surface area contributed by atoms with Crippen molar-refractivity contribution in [2.24, 2.45) is 0 Å². The van der Waals surface area contributed by atoms with E-state index in [9.17, 15) is 20.1 Å². The molecule has 1 amide bonds. The first-order valence-electron chi connectivity index (χ1n) is 21.7. The first kappa shape index (κ1) is 47.8. The molecule has 290 valence electrons. The largest absolute Gasteiger partial charge is 0.394 e. The molecule has 0 aliphatic rings. The summed E-state index contributed by atoms with van der Waals surface area (Å²) in [7, 11) is 0. The normalized spacial score (nSPS) is 13.8. The van der Waals surface area contributed by atoms with Crippen LogP contribution in [-0.4, -0.2) is 46.1 Å². The van der Waals surface area contributed by atoms with Gasteiger partial charge in [0.15, 0.2) is 0 Å². The maximum Gasteiger partial charge on any atom is 0.249 e. The SMILES string of the molecule is CCCCCCCCCCCCC/C=C/CC/C=C/C(O)C(CO)NC(=O)C(O)CCCCCCCCCCCCCCCCCCCC. The summed E-state index contributed by atoms with van der Waals surface area (Å²) in [5.41, 5.74) is 0. The summed E-state index contributed by atoms with van der Waals surface area (Å²) in [6.45, 7) is 4.18. The fourth-order valence-corrected chi connectivity index (χ4v) is 6.61. The second kappa shape index (κ2) is 39.6. The quantitative estimate of drug-likeness (QED) is 0.0381.